The molecule has 0 unspecified atom stereocenters. The van der Waals surface area contributed by atoms with Gasteiger partial charge < -0.3 is 15.4 Å². The molecule has 0 radical (unpaired) electrons. The zero-order valence-electron chi connectivity index (χ0n) is 13.2. The van der Waals surface area contributed by atoms with E-state index in [4.69, 9.17) is 4.74 Å². The number of hydrogen-bond donors (Lipinski definition) is 2. The first-order valence-corrected chi connectivity index (χ1v) is 7.77. The number of rotatable bonds is 8. The molecule has 0 fully saturated rings. The molecule has 2 aromatic carbocycles. The van der Waals surface area contributed by atoms with E-state index < -0.39 is 17.7 Å². The number of ether oxygens (including phenoxy) is 1. The van der Waals surface area contributed by atoms with Gasteiger partial charge in [-0.1, -0.05) is 30.3 Å². The molecule has 24 heavy (non-hydrogen) atoms. The summed E-state index contributed by atoms with van der Waals surface area (Å²) < 4.78 is 31.6. The molecule has 2 amide bonds. The van der Waals surface area contributed by atoms with Gasteiger partial charge in [0.05, 0.1) is 12.3 Å². The van der Waals surface area contributed by atoms with Crippen LogP contribution in [0.5, 0.6) is 0 Å². The predicted molar refractivity (Wildman–Crippen MR) is 89.0 cm³/mol. The van der Waals surface area contributed by atoms with E-state index in [9.17, 15) is 13.6 Å². The number of urea groups is 1. The fourth-order valence-corrected chi connectivity index (χ4v) is 2.07. The summed E-state index contributed by atoms with van der Waals surface area (Å²) in [6.45, 7) is 1.55. The molecule has 0 aliphatic carbocycles. The van der Waals surface area contributed by atoms with Gasteiger partial charge in [0.2, 0.25) is 0 Å². The van der Waals surface area contributed by atoms with Gasteiger partial charge in [-0.2, -0.15) is 0 Å². The highest BCUT2D eigenvalue weighted by Crippen LogP contribution is 2.14. The third kappa shape index (κ3) is 6.34. The third-order valence-electron chi connectivity index (χ3n) is 3.31. The van der Waals surface area contributed by atoms with Crippen molar-refractivity contribution >= 4 is 11.7 Å². The van der Waals surface area contributed by atoms with E-state index in [0.29, 0.717) is 26.2 Å². The van der Waals surface area contributed by atoms with Crippen LogP contribution in [0, 0.1) is 11.6 Å². The summed E-state index contributed by atoms with van der Waals surface area (Å²) in [5.74, 6) is -1.50. The van der Waals surface area contributed by atoms with Crippen molar-refractivity contribution in [1.82, 2.24) is 5.32 Å². The molecule has 2 aromatic rings. The summed E-state index contributed by atoms with van der Waals surface area (Å²) in [5, 5.41) is 4.92. The topological polar surface area (TPSA) is 50.4 Å². The minimum absolute atomic E-state index is 0.0620. The summed E-state index contributed by atoms with van der Waals surface area (Å²) in [6, 6.07) is 12.5. The SMILES string of the molecule is O=C(NCCCOCCc1ccccc1)Nc1ccc(F)cc1F. The maximum absolute atomic E-state index is 13.4. The average molecular weight is 334 g/mol. The minimum Gasteiger partial charge on any atom is -0.381 e. The van der Waals surface area contributed by atoms with Crippen molar-refractivity contribution in [1.29, 1.82) is 0 Å². The summed E-state index contributed by atoms with van der Waals surface area (Å²) in [7, 11) is 0. The third-order valence-corrected chi connectivity index (χ3v) is 3.31. The second-order valence-corrected chi connectivity index (χ2v) is 5.21. The first-order chi connectivity index (χ1) is 11.6. The van der Waals surface area contributed by atoms with Gasteiger partial charge in [0.1, 0.15) is 11.6 Å². The molecule has 4 nitrogen and oxygen atoms in total. The van der Waals surface area contributed by atoms with Gasteiger partial charge >= 0.3 is 6.03 Å². The van der Waals surface area contributed by atoms with Crippen LogP contribution in [0.25, 0.3) is 0 Å². The van der Waals surface area contributed by atoms with Crippen molar-refractivity contribution in [2.45, 2.75) is 12.8 Å². The van der Waals surface area contributed by atoms with E-state index in [2.05, 4.69) is 10.6 Å². The predicted octanol–water partition coefficient (Wildman–Crippen LogP) is 3.74. The molecule has 2 N–H and O–H groups in total. The Bertz CT molecular complexity index is 651. The lowest BCUT2D eigenvalue weighted by Gasteiger charge is -2.09. The summed E-state index contributed by atoms with van der Waals surface area (Å²) >= 11 is 0. The van der Waals surface area contributed by atoms with Crippen LogP contribution in [0.1, 0.15) is 12.0 Å². The first kappa shape index (κ1) is 17.9. The van der Waals surface area contributed by atoms with Crippen LogP contribution in [-0.2, 0) is 11.2 Å². The van der Waals surface area contributed by atoms with Crippen LogP contribution < -0.4 is 10.6 Å². The Balaban J connectivity index is 1.54. The largest absolute Gasteiger partial charge is 0.381 e. The van der Waals surface area contributed by atoms with Crippen LogP contribution in [-0.4, -0.2) is 25.8 Å². The molecule has 0 heterocycles. The zero-order chi connectivity index (χ0) is 17.2. The lowest BCUT2D eigenvalue weighted by atomic mass is 10.2. The molecule has 0 atom stereocenters. The highest BCUT2D eigenvalue weighted by molar-refractivity contribution is 5.89. The van der Waals surface area contributed by atoms with Gasteiger partial charge in [-0.25, -0.2) is 13.6 Å². The Morgan fingerprint density at radius 2 is 1.83 bits per heavy atom. The molecular weight excluding hydrogens is 314 g/mol. The Labute approximate surface area is 139 Å². The van der Waals surface area contributed by atoms with E-state index in [-0.39, 0.29) is 5.69 Å². The number of nitrogens with one attached hydrogen (secondary N) is 2. The molecule has 0 saturated carbocycles. The van der Waals surface area contributed by atoms with E-state index >= 15 is 0 Å². The van der Waals surface area contributed by atoms with Crippen LogP contribution in [0.2, 0.25) is 0 Å². The smallest absolute Gasteiger partial charge is 0.319 e. The Morgan fingerprint density at radius 3 is 2.58 bits per heavy atom. The number of amides is 2. The van der Waals surface area contributed by atoms with E-state index in [0.717, 1.165) is 18.6 Å². The summed E-state index contributed by atoms with van der Waals surface area (Å²) in [6.07, 6.45) is 1.49. The van der Waals surface area contributed by atoms with Gasteiger partial charge in [-0.3, -0.25) is 0 Å². The van der Waals surface area contributed by atoms with Gasteiger partial charge in [0.25, 0.3) is 0 Å². The molecule has 0 saturated heterocycles. The average Bonchev–Trinajstić information content (AvgIpc) is 2.57. The Kier molecular flexibility index (Phi) is 7.17. The maximum atomic E-state index is 13.4. The maximum Gasteiger partial charge on any atom is 0.319 e. The van der Waals surface area contributed by atoms with Crippen molar-refractivity contribution in [2.75, 3.05) is 25.1 Å². The van der Waals surface area contributed by atoms with Crippen LogP contribution in [0.4, 0.5) is 19.3 Å². The number of anilines is 1. The van der Waals surface area contributed by atoms with Gasteiger partial charge in [-0.15, -0.1) is 0 Å². The number of carbonyl (C=O) groups excluding carboxylic acids is 1. The Hall–Kier alpha value is -2.47. The molecule has 0 aliphatic rings. The minimum atomic E-state index is -0.811. The monoisotopic (exact) mass is 334 g/mol. The molecule has 2 rings (SSSR count). The van der Waals surface area contributed by atoms with E-state index in [1.807, 2.05) is 30.3 Å². The molecule has 128 valence electrons. The van der Waals surface area contributed by atoms with Crippen molar-refractivity contribution < 1.29 is 18.3 Å². The van der Waals surface area contributed by atoms with Crippen LogP contribution in [0.15, 0.2) is 48.5 Å². The standard InChI is InChI=1S/C18H20F2N2O2/c19-15-7-8-17(16(20)13-15)22-18(23)21-10-4-11-24-12-9-14-5-2-1-3-6-14/h1-3,5-8,13H,4,9-12H2,(H2,21,22,23). The second kappa shape index (κ2) is 9.62. The highest BCUT2D eigenvalue weighted by Gasteiger charge is 2.07. The summed E-state index contributed by atoms with van der Waals surface area (Å²) in [5.41, 5.74) is 1.16. The quantitative estimate of drug-likeness (QED) is 0.723. The highest BCUT2D eigenvalue weighted by atomic mass is 19.1. The lowest BCUT2D eigenvalue weighted by Crippen LogP contribution is -2.30. The van der Waals surface area contributed by atoms with Gasteiger partial charge in [-0.05, 0) is 30.5 Å². The second-order valence-electron chi connectivity index (χ2n) is 5.21. The Morgan fingerprint density at radius 1 is 1.04 bits per heavy atom. The number of carbonyl (C=O) groups is 1. The summed E-state index contributed by atoms with van der Waals surface area (Å²) in [4.78, 5) is 11.6. The molecule has 0 aromatic heterocycles. The zero-order valence-corrected chi connectivity index (χ0v) is 13.2. The molecule has 0 bridgehead atoms. The lowest BCUT2D eigenvalue weighted by molar-refractivity contribution is 0.135. The number of benzene rings is 2. The van der Waals surface area contributed by atoms with Crippen molar-refractivity contribution in [3.05, 3.63) is 65.7 Å². The number of hydrogen-bond acceptors (Lipinski definition) is 2. The van der Waals surface area contributed by atoms with E-state index in [1.54, 1.807) is 0 Å². The molecule has 6 heteroatoms. The van der Waals surface area contributed by atoms with Gasteiger partial charge in [0.15, 0.2) is 0 Å². The van der Waals surface area contributed by atoms with Crippen molar-refractivity contribution in [3.8, 4) is 0 Å². The fourth-order valence-electron chi connectivity index (χ4n) is 2.07. The first-order valence-electron chi connectivity index (χ1n) is 7.77. The fraction of sp³-hybridized carbons (Fsp3) is 0.278. The van der Waals surface area contributed by atoms with Crippen molar-refractivity contribution in [2.24, 2.45) is 0 Å². The molecular formula is C18H20F2N2O2. The van der Waals surface area contributed by atoms with Crippen LogP contribution in [0.3, 0.4) is 0 Å². The molecule has 0 spiro atoms. The van der Waals surface area contributed by atoms with E-state index in [1.165, 1.54) is 11.6 Å². The van der Waals surface area contributed by atoms with Gasteiger partial charge in [0, 0.05) is 19.2 Å². The molecule has 0 aliphatic heterocycles. The van der Waals surface area contributed by atoms with Crippen molar-refractivity contribution in [3.63, 3.8) is 0 Å². The van der Waals surface area contributed by atoms with Crippen LogP contribution >= 0.6 is 0 Å². The number of halogens is 2. The normalized spacial score (nSPS) is 10.4.